The summed E-state index contributed by atoms with van der Waals surface area (Å²) >= 11 is 5.88. The van der Waals surface area contributed by atoms with Crippen LogP contribution in [0.15, 0.2) is 79.3 Å². The lowest BCUT2D eigenvalue weighted by Gasteiger charge is -2.29. The van der Waals surface area contributed by atoms with Crippen LogP contribution in [0.4, 0.5) is 11.4 Å². The molecule has 0 bridgehead atoms. The lowest BCUT2D eigenvalue weighted by atomic mass is 10.0. The zero-order chi connectivity index (χ0) is 25.2. The summed E-state index contributed by atoms with van der Waals surface area (Å²) < 4.78 is 2.10. The maximum Gasteiger partial charge on any atom is 0.224 e. The first-order chi connectivity index (χ1) is 17.5. The van der Waals surface area contributed by atoms with Crippen molar-refractivity contribution >= 4 is 34.6 Å². The monoisotopic (exact) mass is 496 g/mol. The number of carbonyl (C=O) groups is 1. The fraction of sp³-hybridized carbons (Fsp3) is 0.214. The van der Waals surface area contributed by atoms with E-state index in [-0.39, 0.29) is 18.0 Å². The van der Waals surface area contributed by atoms with E-state index in [1.165, 1.54) is 0 Å². The zero-order valence-electron chi connectivity index (χ0n) is 20.5. The average Bonchev–Trinajstić information content (AvgIpc) is 3.50. The number of hydrogen-bond donors (Lipinski definition) is 2. The van der Waals surface area contributed by atoms with Crippen LogP contribution in [0, 0.1) is 13.8 Å². The van der Waals surface area contributed by atoms with E-state index in [0.717, 1.165) is 39.7 Å². The average molecular weight is 497 g/mol. The molecule has 0 aliphatic carbocycles. The van der Waals surface area contributed by atoms with Crippen molar-refractivity contribution in [1.82, 2.24) is 19.9 Å². The van der Waals surface area contributed by atoms with E-state index in [9.17, 15) is 4.79 Å². The minimum atomic E-state index is -0.180. The standard InChI is InChI=1S/C28H28N6OS/c1-4-25(35)31-21-12-11-20(16-19(21)3)34-27(26(32-28(34)36)22-8-5-6-14-29-22)23-9-7-15-33(23)24-13-10-18(2)17-30-24/h5-17,26-27H,4H2,1-3H3,(H,31,35)(H,32,36)/t26-,27+/m1/s1. The Balaban J connectivity index is 1.61. The number of hydrogen-bond acceptors (Lipinski definition) is 4. The number of nitrogens with one attached hydrogen (secondary N) is 2. The van der Waals surface area contributed by atoms with Gasteiger partial charge in [-0.05, 0) is 85.7 Å². The van der Waals surface area contributed by atoms with Crippen LogP contribution in [0.25, 0.3) is 5.82 Å². The van der Waals surface area contributed by atoms with Crippen LogP contribution >= 0.6 is 12.2 Å². The Morgan fingerprint density at radius 1 is 1.08 bits per heavy atom. The van der Waals surface area contributed by atoms with E-state index >= 15 is 0 Å². The number of aryl methyl sites for hydroxylation is 2. The molecule has 4 heterocycles. The van der Waals surface area contributed by atoms with E-state index in [0.29, 0.717) is 11.5 Å². The van der Waals surface area contributed by atoms with Gasteiger partial charge in [-0.15, -0.1) is 0 Å². The first kappa shape index (κ1) is 23.7. The topological polar surface area (TPSA) is 75.1 Å². The number of carbonyl (C=O) groups excluding carboxylic acids is 1. The van der Waals surface area contributed by atoms with Crippen molar-refractivity contribution in [2.24, 2.45) is 0 Å². The van der Waals surface area contributed by atoms with Gasteiger partial charge in [-0.1, -0.05) is 19.1 Å². The van der Waals surface area contributed by atoms with Gasteiger partial charge in [0.05, 0.1) is 11.7 Å². The molecule has 4 aromatic rings. The molecular formula is C28H28N6OS. The third-order valence-electron chi connectivity index (χ3n) is 6.41. The Morgan fingerprint density at radius 3 is 2.64 bits per heavy atom. The molecule has 1 amide bonds. The van der Waals surface area contributed by atoms with Crippen LogP contribution in [0.2, 0.25) is 0 Å². The minimum absolute atomic E-state index is 0.0132. The number of aromatic nitrogens is 3. The fourth-order valence-corrected chi connectivity index (χ4v) is 4.90. The van der Waals surface area contributed by atoms with Crippen molar-refractivity contribution in [3.8, 4) is 5.82 Å². The Kier molecular flexibility index (Phi) is 6.52. The molecule has 2 atom stereocenters. The number of thiocarbonyl (C=S) groups is 1. The molecule has 5 rings (SSSR count). The van der Waals surface area contributed by atoms with E-state index < -0.39 is 0 Å². The van der Waals surface area contributed by atoms with Crippen LogP contribution in [-0.4, -0.2) is 25.6 Å². The summed E-state index contributed by atoms with van der Waals surface area (Å²) in [6.45, 7) is 5.86. The highest BCUT2D eigenvalue weighted by atomic mass is 32.1. The molecule has 3 aromatic heterocycles. The predicted octanol–water partition coefficient (Wildman–Crippen LogP) is 5.41. The Hall–Kier alpha value is -4.04. The van der Waals surface area contributed by atoms with E-state index in [1.807, 2.05) is 75.6 Å². The van der Waals surface area contributed by atoms with Crippen molar-refractivity contribution in [3.63, 3.8) is 0 Å². The first-order valence-electron chi connectivity index (χ1n) is 12.0. The lowest BCUT2D eigenvalue weighted by Crippen LogP contribution is -2.30. The number of pyridine rings is 2. The minimum Gasteiger partial charge on any atom is -0.351 e. The smallest absolute Gasteiger partial charge is 0.224 e. The highest BCUT2D eigenvalue weighted by molar-refractivity contribution is 7.80. The largest absolute Gasteiger partial charge is 0.351 e. The van der Waals surface area contributed by atoms with Gasteiger partial charge in [0.1, 0.15) is 11.9 Å². The van der Waals surface area contributed by atoms with Crippen molar-refractivity contribution in [2.45, 2.75) is 39.3 Å². The normalized spacial score (nSPS) is 17.2. The van der Waals surface area contributed by atoms with Gasteiger partial charge in [-0.3, -0.25) is 9.78 Å². The van der Waals surface area contributed by atoms with Gasteiger partial charge in [0.15, 0.2) is 5.11 Å². The van der Waals surface area contributed by atoms with Crippen LogP contribution < -0.4 is 15.5 Å². The summed E-state index contributed by atoms with van der Waals surface area (Å²) in [7, 11) is 0. The van der Waals surface area contributed by atoms with Crippen molar-refractivity contribution in [3.05, 3.63) is 102 Å². The molecule has 0 radical (unpaired) electrons. The molecule has 0 saturated carbocycles. The number of nitrogens with zero attached hydrogens (tertiary/aromatic N) is 4. The first-order valence-corrected chi connectivity index (χ1v) is 12.4. The van der Waals surface area contributed by atoms with Crippen LogP contribution in [0.5, 0.6) is 0 Å². The van der Waals surface area contributed by atoms with Gasteiger partial charge in [-0.25, -0.2) is 4.98 Å². The molecule has 1 aliphatic heterocycles. The third kappa shape index (κ3) is 4.47. The molecular weight excluding hydrogens is 468 g/mol. The Labute approximate surface area is 216 Å². The van der Waals surface area contributed by atoms with Crippen molar-refractivity contribution in [1.29, 1.82) is 0 Å². The van der Waals surface area contributed by atoms with Gasteiger partial charge in [-0.2, -0.15) is 0 Å². The summed E-state index contributed by atoms with van der Waals surface area (Å²) in [5, 5.41) is 7.10. The van der Waals surface area contributed by atoms with Crippen LogP contribution in [0.3, 0.4) is 0 Å². The molecule has 2 N–H and O–H groups in total. The lowest BCUT2D eigenvalue weighted by molar-refractivity contribution is -0.115. The highest BCUT2D eigenvalue weighted by Crippen LogP contribution is 2.42. The fourth-order valence-electron chi connectivity index (χ4n) is 4.56. The van der Waals surface area contributed by atoms with Crippen LogP contribution in [-0.2, 0) is 4.79 Å². The maximum atomic E-state index is 12.0. The molecule has 1 aromatic carbocycles. The summed E-state index contributed by atoms with van der Waals surface area (Å²) in [6.07, 6.45) is 6.13. The van der Waals surface area contributed by atoms with Gasteiger partial charge in [0.25, 0.3) is 0 Å². The summed E-state index contributed by atoms with van der Waals surface area (Å²) in [4.78, 5) is 23.4. The Bertz CT molecular complexity index is 1400. The second-order valence-electron chi connectivity index (χ2n) is 8.89. The van der Waals surface area contributed by atoms with E-state index in [4.69, 9.17) is 12.2 Å². The molecule has 0 unspecified atom stereocenters. The maximum absolute atomic E-state index is 12.0. The summed E-state index contributed by atoms with van der Waals surface area (Å²) in [6, 6.07) is 19.8. The number of anilines is 2. The molecule has 1 aliphatic rings. The highest BCUT2D eigenvalue weighted by Gasteiger charge is 2.42. The van der Waals surface area contributed by atoms with Crippen molar-refractivity contribution < 1.29 is 4.79 Å². The van der Waals surface area contributed by atoms with Gasteiger partial charge in [0.2, 0.25) is 5.91 Å². The number of amides is 1. The van der Waals surface area contributed by atoms with E-state index in [2.05, 4.69) is 48.3 Å². The molecule has 0 spiro atoms. The molecule has 182 valence electrons. The second-order valence-corrected chi connectivity index (χ2v) is 9.28. The predicted molar refractivity (Wildman–Crippen MR) is 146 cm³/mol. The SMILES string of the molecule is CCC(=O)Nc1ccc(N2C(=S)N[C@H](c3ccccn3)[C@@H]2c2cccn2-c2ccc(C)cn2)cc1C. The summed E-state index contributed by atoms with van der Waals surface area (Å²) in [5.41, 5.74) is 5.75. The number of rotatable bonds is 6. The molecule has 36 heavy (non-hydrogen) atoms. The molecule has 7 nitrogen and oxygen atoms in total. The number of benzene rings is 1. The second kappa shape index (κ2) is 9.91. The third-order valence-corrected chi connectivity index (χ3v) is 6.72. The molecule has 1 saturated heterocycles. The summed E-state index contributed by atoms with van der Waals surface area (Å²) in [5.74, 6) is 0.827. The van der Waals surface area contributed by atoms with Gasteiger partial charge < -0.3 is 20.1 Å². The quantitative estimate of drug-likeness (QED) is 0.348. The molecule has 8 heteroatoms. The van der Waals surface area contributed by atoms with Gasteiger partial charge >= 0.3 is 0 Å². The van der Waals surface area contributed by atoms with E-state index in [1.54, 1.807) is 6.20 Å². The van der Waals surface area contributed by atoms with Gasteiger partial charge in [0, 0.05) is 42.1 Å². The van der Waals surface area contributed by atoms with Crippen LogP contribution in [0.1, 0.15) is 47.9 Å². The zero-order valence-corrected chi connectivity index (χ0v) is 21.3. The Morgan fingerprint density at radius 2 is 1.94 bits per heavy atom. The van der Waals surface area contributed by atoms with Crippen molar-refractivity contribution in [2.75, 3.05) is 10.2 Å². The molecule has 1 fully saturated rings.